The molecule has 23 heavy (non-hydrogen) atoms. The van der Waals surface area contributed by atoms with E-state index in [9.17, 15) is 9.59 Å². The lowest BCUT2D eigenvalue weighted by Gasteiger charge is -2.15. The molecule has 0 radical (unpaired) electrons. The van der Waals surface area contributed by atoms with E-state index in [0.29, 0.717) is 13.2 Å². The van der Waals surface area contributed by atoms with E-state index in [1.54, 1.807) is 6.08 Å². The number of nitrogens with zero attached hydrogens (tertiary/aromatic N) is 3. The third kappa shape index (κ3) is 4.01. The molecular weight excluding hydrogens is 336 g/mol. The maximum absolute atomic E-state index is 12.1. The monoisotopic (exact) mass is 356 g/mol. The number of hydrogen-bond acceptors (Lipinski definition) is 4. The summed E-state index contributed by atoms with van der Waals surface area (Å²) in [4.78, 5) is 30.5. The zero-order valence-corrected chi connectivity index (χ0v) is 15.3. The number of H-pyrrole nitrogens is 1. The van der Waals surface area contributed by atoms with E-state index in [1.807, 2.05) is 0 Å². The molecule has 0 saturated carbocycles. The molecule has 7 nitrogen and oxygen atoms in total. The zero-order chi connectivity index (χ0) is 17.2. The number of nitrogens with one attached hydrogen (secondary N) is 1. The number of imidazole rings is 1. The molecule has 2 rings (SSSR count). The van der Waals surface area contributed by atoms with E-state index < -0.39 is 19.3 Å². The smallest absolute Gasteiger partial charge is 0.332 e. The molecule has 0 aliphatic rings. The van der Waals surface area contributed by atoms with Crippen molar-refractivity contribution in [3.05, 3.63) is 38.8 Å². The number of aromatic nitrogens is 4. The SMILES string of the molecule is C=CCn1c(Cl)nc2c1c(=O)[nH]c(=O)n2COCC[Si](C)(C)C. The van der Waals surface area contributed by atoms with Crippen molar-refractivity contribution in [1.82, 2.24) is 19.1 Å². The van der Waals surface area contributed by atoms with Gasteiger partial charge in [0.05, 0.1) is 0 Å². The van der Waals surface area contributed by atoms with Crippen molar-refractivity contribution < 1.29 is 4.74 Å². The van der Waals surface area contributed by atoms with Crippen molar-refractivity contribution in [3.63, 3.8) is 0 Å². The maximum Gasteiger partial charge on any atom is 0.332 e. The molecule has 2 aromatic heterocycles. The van der Waals surface area contributed by atoms with E-state index in [2.05, 4.69) is 36.2 Å². The molecular formula is C14H21ClN4O3Si. The van der Waals surface area contributed by atoms with Crippen molar-refractivity contribution in [3.8, 4) is 0 Å². The van der Waals surface area contributed by atoms with Crippen LogP contribution in [0.15, 0.2) is 22.2 Å². The third-order valence-electron chi connectivity index (χ3n) is 3.37. The van der Waals surface area contributed by atoms with E-state index in [1.165, 1.54) is 9.13 Å². The Hall–Kier alpha value is -1.64. The predicted octanol–water partition coefficient (Wildman–Crippen LogP) is 2.04. The Kier molecular flexibility index (Phi) is 5.28. The van der Waals surface area contributed by atoms with Crippen LogP contribution < -0.4 is 11.2 Å². The second kappa shape index (κ2) is 6.86. The van der Waals surface area contributed by atoms with E-state index in [0.717, 1.165) is 6.04 Å². The first-order valence-corrected chi connectivity index (χ1v) is 11.4. The van der Waals surface area contributed by atoms with Gasteiger partial charge in [-0.25, -0.2) is 4.79 Å². The minimum atomic E-state index is -1.21. The Morgan fingerprint density at radius 1 is 1.35 bits per heavy atom. The maximum atomic E-state index is 12.1. The molecule has 126 valence electrons. The van der Waals surface area contributed by atoms with Gasteiger partial charge in [0.15, 0.2) is 11.2 Å². The fraction of sp³-hybridized carbons (Fsp3) is 0.500. The Labute approximate surface area is 139 Å². The molecule has 2 heterocycles. The van der Waals surface area contributed by atoms with E-state index in [-0.39, 0.29) is 23.2 Å². The van der Waals surface area contributed by atoms with Gasteiger partial charge in [-0.3, -0.25) is 14.3 Å². The highest BCUT2D eigenvalue weighted by atomic mass is 35.5. The highest BCUT2D eigenvalue weighted by Gasteiger charge is 2.17. The standard InChI is InChI=1S/C14H21ClN4O3Si/c1-5-6-18-10-11(16-13(18)15)19(14(21)17-12(10)20)9-22-7-8-23(2,3)4/h5H,1,6-9H2,2-4H3,(H,17,20,21). The lowest BCUT2D eigenvalue weighted by molar-refractivity contribution is 0.0865. The highest BCUT2D eigenvalue weighted by molar-refractivity contribution is 6.76. The lowest BCUT2D eigenvalue weighted by Crippen LogP contribution is -2.32. The molecule has 0 amide bonds. The van der Waals surface area contributed by atoms with Crippen LogP contribution >= 0.6 is 11.6 Å². The molecule has 0 fully saturated rings. The molecule has 0 aliphatic heterocycles. The van der Waals surface area contributed by atoms with Gasteiger partial charge in [0.25, 0.3) is 5.56 Å². The first-order valence-electron chi connectivity index (χ1n) is 7.32. The van der Waals surface area contributed by atoms with Gasteiger partial charge in [-0.05, 0) is 17.6 Å². The number of hydrogen-bond donors (Lipinski definition) is 1. The fourth-order valence-corrected chi connectivity index (χ4v) is 3.09. The fourth-order valence-electron chi connectivity index (χ4n) is 2.10. The average Bonchev–Trinajstić information content (AvgIpc) is 2.74. The molecule has 0 spiro atoms. The second-order valence-corrected chi connectivity index (χ2v) is 12.4. The number of fused-ring (bicyclic) bond motifs is 1. The van der Waals surface area contributed by atoms with Crippen LogP contribution in [-0.4, -0.2) is 33.8 Å². The summed E-state index contributed by atoms with van der Waals surface area (Å²) >= 11 is 6.06. The van der Waals surface area contributed by atoms with Crippen LogP contribution in [0.1, 0.15) is 0 Å². The van der Waals surface area contributed by atoms with Crippen LogP contribution in [0.4, 0.5) is 0 Å². The van der Waals surface area contributed by atoms with Crippen molar-refractivity contribution in [2.75, 3.05) is 6.61 Å². The number of rotatable bonds is 7. The summed E-state index contributed by atoms with van der Waals surface area (Å²) in [6.45, 7) is 11.3. The van der Waals surface area contributed by atoms with Crippen molar-refractivity contribution in [2.45, 2.75) is 39.0 Å². The number of allylic oxidation sites excluding steroid dienone is 1. The van der Waals surface area contributed by atoms with Gasteiger partial charge in [-0.15, -0.1) is 6.58 Å². The van der Waals surface area contributed by atoms with Gasteiger partial charge in [0.1, 0.15) is 6.73 Å². The zero-order valence-electron chi connectivity index (χ0n) is 13.6. The summed E-state index contributed by atoms with van der Waals surface area (Å²) in [5, 5.41) is 0.131. The minimum absolute atomic E-state index is 0.0258. The van der Waals surface area contributed by atoms with Crippen molar-refractivity contribution >= 4 is 30.8 Å². The third-order valence-corrected chi connectivity index (χ3v) is 5.36. The minimum Gasteiger partial charge on any atom is -0.361 e. The summed E-state index contributed by atoms with van der Waals surface area (Å²) in [5.41, 5.74) is -0.623. The molecule has 0 atom stereocenters. The van der Waals surface area contributed by atoms with Crippen LogP contribution in [-0.2, 0) is 18.0 Å². The van der Waals surface area contributed by atoms with Gasteiger partial charge in [-0.2, -0.15) is 4.98 Å². The molecule has 0 unspecified atom stereocenters. The summed E-state index contributed by atoms with van der Waals surface area (Å²) in [6, 6.07) is 0.986. The van der Waals surface area contributed by atoms with Gasteiger partial charge in [0, 0.05) is 21.2 Å². The van der Waals surface area contributed by atoms with Gasteiger partial charge in [-0.1, -0.05) is 25.7 Å². The normalized spacial score (nSPS) is 12.0. The van der Waals surface area contributed by atoms with Crippen molar-refractivity contribution in [2.24, 2.45) is 0 Å². The Morgan fingerprint density at radius 3 is 2.65 bits per heavy atom. The Balaban J connectivity index is 2.37. The highest BCUT2D eigenvalue weighted by Crippen LogP contribution is 2.16. The predicted molar refractivity (Wildman–Crippen MR) is 93.9 cm³/mol. The molecule has 0 aromatic carbocycles. The number of ether oxygens (including phenoxy) is 1. The van der Waals surface area contributed by atoms with E-state index in [4.69, 9.17) is 16.3 Å². The Morgan fingerprint density at radius 2 is 2.04 bits per heavy atom. The van der Waals surface area contributed by atoms with Crippen molar-refractivity contribution in [1.29, 1.82) is 0 Å². The summed E-state index contributed by atoms with van der Waals surface area (Å²) in [6.07, 6.45) is 1.60. The second-order valence-electron chi connectivity index (χ2n) is 6.49. The molecule has 2 aromatic rings. The molecule has 0 saturated heterocycles. The number of halogens is 1. The summed E-state index contributed by atoms with van der Waals surface area (Å²) < 4.78 is 8.38. The van der Waals surface area contributed by atoms with Gasteiger partial charge in [0.2, 0.25) is 5.28 Å². The summed E-state index contributed by atoms with van der Waals surface area (Å²) in [7, 11) is -1.21. The molecule has 9 heteroatoms. The molecule has 1 N–H and O–H groups in total. The lowest BCUT2D eigenvalue weighted by atomic mass is 10.5. The van der Waals surface area contributed by atoms with Crippen LogP contribution in [0.25, 0.3) is 11.2 Å². The topological polar surface area (TPSA) is 81.9 Å². The first kappa shape index (κ1) is 17.7. The number of aromatic amines is 1. The van der Waals surface area contributed by atoms with Gasteiger partial charge < -0.3 is 9.30 Å². The summed E-state index contributed by atoms with van der Waals surface area (Å²) in [5.74, 6) is 0. The van der Waals surface area contributed by atoms with Crippen LogP contribution in [0.2, 0.25) is 31.0 Å². The molecule has 0 aliphatic carbocycles. The Bertz CT molecular complexity index is 831. The van der Waals surface area contributed by atoms with E-state index >= 15 is 0 Å². The van der Waals surface area contributed by atoms with Crippen LogP contribution in [0.5, 0.6) is 0 Å². The van der Waals surface area contributed by atoms with Crippen LogP contribution in [0, 0.1) is 0 Å². The molecule has 0 bridgehead atoms. The van der Waals surface area contributed by atoms with Crippen LogP contribution in [0.3, 0.4) is 0 Å². The largest absolute Gasteiger partial charge is 0.361 e. The average molecular weight is 357 g/mol. The quantitative estimate of drug-likeness (QED) is 0.356. The van der Waals surface area contributed by atoms with Gasteiger partial charge >= 0.3 is 5.69 Å². The first-order chi connectivity index (χ1) is 10.7.